The van der Waals surface area contributed by atoms with E-state index in [1.165, 1.54) is 0 Å². The average molecular weight is 312 g/mol. The molecule has 10 nitrogen and oxygen atoms in total. The van der Waals surface area contributed by atoms with Gasteiger partial charge in [-0.3, -0.25) is 0 Å². The van der Waals surface area contributed by atoms with Crippen LogP contribution in [0.4, 0.5) is 0 Å². The first-order valence-corrected chi connectivity index (χ1v) is 6.48. The minimum Gasteiger partial charge on any atom is -0.388 e. The minimum atomic E-state index is -1.69. The molecule has 0 saturated carbocycles. The molecule has 2 rings (SSSR count). The Morgan fingerprint density at radius 3 is 2.14 bits per heavy atom. The Bertz CT molecular complexity index is 341. The summed E-state index contributed by atoms with van der Waals surface area (Å²) in [7, 11) is 0. The lowest BCUT2D eigenvalue weighted by molar-refractivity contribution is -0.312. The molecule has 2 aliphatic heterocycles. The normalized spacial score (nSPS) is 51.9. The molecule has 9 atom stereocenters. The van der Waals surface area contributed by atoms with Gasteiger partial charge in [0.05, 0.1) is 13.2 Å². The third kappa shape index (κ3) is 3.51. The van der Waals surface area contributed by atoms with Crippen LogP contribution >= 0.6 is 0 Å². The minimum absolute atomic E-state index is 0.249. The molecule has 0 radical (unpaired) electrons. The van der Waals surface area contributed by atoms with Crippen molar-refractivity contribution in [2.45, 2.75) is 55.3 Å². The molecule has 0 aromatic rings. The summed E-state index contributed by atoms with van der Waals surface area (Å²) in [5, 5.41) is 66.2. The van der Waals surface area contributed by atoms with Crippen molar-refractivity contribution in [1.82, 2.24) is 0 Å². The zero-order valence-electron chi connectivity index (χ0n) is 11.0. The molecule has 0 amide bonds. The Morgan fingerprint density at radius 2 is 1.48 bits per heavy atom. The van der Waals surface area contributed by atoms with Gasteiger partial charge in [-0.1, -0.05) is 0 Å². The van der Waals surface area contributed by atoms with Crippen LogP contribution in [0.2, 0.25) is 0 Å². The lowest BCUT2D eigenvalue weighted by Crippen LogP contribution is -2.59. The van der Waals surface area contributed by atoms with Crippen molar-refractivity contribution in [2.24, 2.45) is 0 Å². The molecule has 124 valence electrons. The fraction of sp³-hybridized carbons (Fsp3) is 1.00. The molecule has 2 aliphatic rings. The predicted octanol–water partition coefficient (Wildman–Crippen LogP) is -4.76. The van der Waals surface area contributed by atoms with Gasteiger partial charge >= 0.3 is 0 Å². The van der Waals surface area contributed by atoms with E-state index in [0.717, 1.165) is 0 Å². The predicted molar refractivity (Wildman–Crippen MR) is 62.6 cm³/mol. The lowest BCUT2D eigenvalue weighted by atomic mass is 9.99. The first-order chi connectivity index (χ1) is 9.82. The summed E-state index contributed by atoms with van der Waals surface area (Å²) in [6.45, 7) is -0.631. The molecular formula is C11H20O10. The molecule has 0 bridgehead atoms. The van der Waals surface area contributed by atoms with Gasteiger partial charge in [0, 0.05) is 0 Å². The number of hydrogen-bond donors (Lipinski definition) is 7. The van der Waals surface area contributed by atoms with E-state index in [1.54, 1.807) is 0 Å². The van der Waals surface area contributed by atoms with Crippen LogP contribution in [0, 0.1) is 0 Å². The number of aliphatic hydroxyl groups is 7. The Hall–Kier alpha value is -0.400. The van der Waals surface area contributed by atoms with Crippen molar-refractivity contribution >= 4 is 0 Å². The number of rotatable bonds is 3. The first-order valence-electron chi connectivity index (χ1n) is 6.48. The maximum atomic E-state index is 9.70. The number of aliphatic hydroxyl groups excluding tert-OH is 7. The molecule has 0 spiro atoms. The zero-order valence-corrected chi connectivity index (χ0v) is 11.0. The van der Waals surface area contributed by atoms with Crippen LogP contribution < -0.4 is 0 Å². The maximum absolute atomic E-state index is 9.70. The van der Waals surface area contributed by atoms with E-state index in [9.17, 15) is 35.7 Å². The Morgan fingerprint density at radius 1 is 0.810 bits per heavy atom. The Kier molecular flexibility index (Phi) is 5.48. The maximum Gasteiger partial charge on any atom is 0.186 e. The molecule has 2 fully saturated rings. The van der Waals surface area contributed by atoms with E-state index in [2.05, 4.69) is 0 Å². The van der Waals surface area contributed by atoms with Gasteiger partial charge < -0.3 is 50.0 Å². The van der Waals surface area contributed by atoms with Crippen LogP contribution in [0.15, 0.2) is 0 Å². The fourth-order valence-corrected chi connectivity index (χ4v) is 2.18. The molecule has 0 aromatic heterocycles. The van der Waals surface area contributed by atoms with Crippen molar-refractivity contribution in [3.05, 3.63) is 0 Å². The van der Waals surface area contributed by atoms with Gasteiger partial charge in [0.25, 0.3) is 0 Å². The van der Waals surface area contributed by atoms with Crippen molar-refractivity contribution in [3.63, 3.8) is 0 Å². The molecule has 0 aromatic carbocycles. The summed E-state index contributed by atoms with van der Waals surface area (Å²) < 4.78 is 15.0. The molecule has 7 N–H and O–H groups in total. The molecule has 2 saturated heterocycles. The van der Waals surface area contributed by atoms with Crippen molar-refractivity contribution in [1.29, 1.82) is 0 Å². The topological polar surface area (TPSA) is 169 Å². The van der Waals surface area contributed by atoms with Crippen LogP contribution in [0.25, 0.3) is 0 Å². The molecular weight excluding hydrogens is 292 g/mol. The largest absolute Gasteiger partial charge is 0.388 e. The van der Waals surface area contributed by atoms with E-state index in [4.69, 9.17) is 14.2 Å². The highest BCUT2D eigenvalue weighted by atomic mass is 16.7. The van der Waals surface area contributed by atoms with E-state index in [0.29, 0.717) is 0 Å². The molecule has 0 aliphatic carbocycles. The summed E-state index contributed by atoms with van der Waals surface area (Å²) >= 11 is 0. The van der Waals surface area contributed by atoms with Gasteiger partial charge in [-0.15, -0.1) is 0 Å². The van der Waals surface area contributed by atoms with Gasteiger partial charge in [-0.2, -0.15) is 0 Å². The monoisotopic (exact) mass is 312 g/mol. The van der Waals surface area contributed by atoms with E-state index in [1.807, 2.05) is 0 Å². The summed E-state index contributed by atoms with van der Waals surface area (Å²) in [5.41, 5.74) is 0. The van der Waals surface area contributed by atoms with Crippen LogP contribution in [0.5, 0.6) is 0 Å². The van der Waals surface area contributed by atoms with E-state index < -0.39 is 55.3 Å². The summed E-state index contributed by atoms with van der Waals surface area (Å²) in [5.74, 6) is 0. The second kappa shape index (κ2) is 6.79. The van der Waals surface area contributed by atoms with Crippen molar-refractivity contribution < 1.29 is 50.0 Å². The van der Waals surface area contributed by atoms with Crippen LogP contribution in [-0.2, 0) is 14.2 Å². The van der Waals surface area contributed by atoms with Crippen molar-refractivity contribution in [3.8, 4) is 0 Å². The lowest BCUT2D eigenvalue weighted by Gasteiger charge is -2.40. The number of ether oxygens (including phenoxy) is 3. The molecule has 0 unspecified atom stereocenters. The van der Waals surface area contributed by atoms with Gasteiger partial charge in [0.2, 0.25) is 0 Å². The summed E-state index contributed by atoms with van der Waals surface area (Å²) in [6.07, 6.45) is -13.1. The third-order valence-corrected chi connectivity index (χ3v) is 3.57. The van der Waals surface area contributed by atoms with Crippen LogP contribution in [0.1, 0.15) is 0 Å². The molecule has 2 heterocycles. The Balaban J connectivity index is 1.88. The van der Waals surface area contributed by atoms with Crippen molar-refractivity contribution in [2.75, 3.05) is 13.2 Å². The SMILES string of the molecule is O[C@@H]1[C@@H](O)[C@@H](O)O[C@H](CO[C@H]2OC[C@@H](O)[C@H](O)[C@H]2O)[C@H]1O. The van der Waals surface area contributed by atoms with Gasteiger partial charge in [-0.05, 0) is 0 Å². The highest BCUT2D eigenvalue weighted by molar-refractivity contribution is 4.89. The quantitative estimate of drug-likeness (QED) is 0.268. The van der Waals surface area contributed by atoms with E-state index >= 15 is 0 Å². The van der Waals surface area contributed by atoms with Crippen LogP contribution in [0.3, 0.4) is 0 Å². The Labute approximate surface area is 119 Å². The standard InChI is InChI=1S/C11H20O10/c12-3-1-19-11(9(17)5(3)13)20-2-4-6(14)7(15)8(16)10(18)21-4/h3-18H,1-2H2/t3-,4-,5+,6-,7+,8-,9-,10+,11-/m1/s1. The van der Waals surface area contributed by atoms with E-state index in [-0.39, 0.29) is 13.2 Å². The smallest absolute Gasteiger partial charge is 0.186 e. The van der Waals surface area contributed by atoms with Gasteiger partial charge in [0.1, 0.15) is 42.7 Å². The highest BCUT2D eigenvalue weighted by Crippen LogP contribution is 2.22. The fourth-order valence-electron chi connectivity index (χ4n) is 2.18. The summed E-state index contributed by atoms with van der Waals surface area (Å²) in [4.78, 5) is 0. The van der Waals surface area contributed by atoms with Crippen LogP contribution in [-0.4, -0.2) is 104 Å². The zero-order chi connectivity index (χ0) is 15.7. The first kappa shape index (κ1) is 17.0. The van der Waals surface area contributed by atoms with Gasteiger partial charge in [-0.25, -0.2) is 0 Å². The molecule has 10 heteroatoms. The second-order valence-electron chi connectivity index (χ2n) is 5.12. The summed E-state index contributed by atoms with van der Waals surface area (Å²) in [6, 6.07) is 0. The van der Waals surface area contributed by atoms with Gasteiger partial charge in [0.15, 0.2) is 12.6 Å². The second-order valence-corrected chi connectivity index (χ2v) is 5.12. The number of hydrogen-bond acceptors (Lipinski definition) is 10. The highest BCUT2D eigenvalue weighted by Gasteiger charge is 2.44. The molecule has 21 heavy (non-hydrogen) atoms. The average Bonchev–Trinajstić information content (AvgIpc) is 2.46. The third-order valence-electron chi connectivity index (χ3n) is 3.57.